The number of carbonyl (C=O) groups is 1. The Morgan fingerprint density at radius 3 is 2.54 bits per heavy atom. The average molecular weight is 331 g/mol. The van der Waals surface area contributed by atoms with Gasteiger partial charge in [-0.1, -0.05) is 25.1 Å². The molecule has 1 aromatic carbocycles. The molecule has 0 unspecified atom stereocenters. The van der Waals surface area contributed by atoms with E-state index in [4.69, 9.17) is 4.42 Å². The van der Waals surface area contributed by atoms with E-state index < -0.39 is 0 Å². The molecule has 2 rings (SSSR count). The summed E-state index contributed by atoms with van der Waals surface area (Å²) < 4.78 is 5.63. The number of hydrogen-bond donors (Lipinski definition) is 1. The maximum absolute atomic E-state index is 12.3. The fourth-order valence-corrected chi connectivity index (χ4v) is 2.29. The number of urea groups is 1. The van der Waals surface area contributed by atoms with E-state index >= 15 is 0 Å². The Bertz CT molecular complexity index is 641. The number of nitrogens with one attached hydrogen (secondary N) is 1. The predicted molar refractivity (Wildman–Crippen MR) is 92.4 cm³/mol. The first-order chi connectivity index (χ1) is 11.5. The highest BCUT2D eigenvalue weighted by molar-refractivity contribution is 5.74. The van der Waals surface area contributed by atoms with Gasteiger partial charge in [-0.3, -0.25) is 0 Å². The van der Waals surface area contributed by atoms with E-state index in [0.717, 1.165) is 18.5 Å². The number of carbonyl (C=O) groups excluding carboxylic acids is 1. The third kappa shape index (κ3) is 5.06. The topological polar surface area (TPSA) is 74.5 Å². The molecule has 0 aliphatic heterocycles. The highest BCUT2D eigenvalue weighted by Crippen LogP contribution is 2.17. The minimum absolute atomic E-state index is 0.109. The summed E-state index contributed by atoms with van der Waals surface area (Å²) >= 11 is 0. The van der Waals surface area contributed by atoms with Crippen molar-refractivity contribution < 1.29 is 9.21 Å². The molecule has 1 aromatic heterocycles. The van der Waals surface area contributed by atoms with Gasteiger partial charge >= 0.3 is 6.03 Å². The summed E-state index contributed by atoms with van der Waals surface area (Å²) in [5.74, 6) is 0.866. The van der Waals surface area contributed by atoms with Crippen LogP contribution in [0.1, 0.15) is 19.2 Å². The molecule has 1 N–H and O–H groups in total. The Hall–Kier alpha value is -2.41. The fraction of sp³-hybridized carbons (Fsp3) is 0.471. The minimum atomic E-state index is -0.150. The quantitative estimate of drug-likeness (QED) is 0.842. The van der Waals surface area contributed by atoms with E-state index in [2.05, 4.69) is 27.3 Å². The largest absolute Gasteiger partial charge is 0.419 e. The third-order valence-corrected chi connectivity index (χ3v) is 3.61. The molecular weight excluding hydrogens is 306 g/mol. The standard InChI is InChI=1S/C17H25N5O2/c1-5-14(11-21(2)3)18-17(23)22(4)12-15-19-20-16(24-15)13-9-7-6-8-10-13/h6-10,14H,5,11-12H2,1-4H3,(H,18,23)/t14-/m1/s1. The number of nitrogens with zero attached hydrogens (tertiary/aromatic N) is 4. The smallest absolute Gasteiger partial charge is 0.317 e. The second-order valence-electron chi connectivity index (χ2n) is 6.04. The Balaban J connectivity index is 1.93. The Morgan fingerprint density at radius 1 is 1.21 bits per heavy atom. The molecule has 7 nitrogen and oxygen atoms in total. The van der Waals surface area contributed by atoms with E-state index in [1.165, 1.54) is 0 Å². The van der Waals surface area contributed by atoms with Gasteiger partial charge in [-0.25, -0.2) is 4.79 Å². The lowest BCUT2D eigenvalue weighted by Gasteiger charge is -2.24. The minimum Gasteiger partial charge on any atom is -0.419 e. The lowest BCUT2D eigenvalue weighted by atomic mass is 10.2. The normalized spacial score (nSPS) is 12.2. The van der Waals surface area contributed by atoms with Crippen molar-refractivity contribution in [2.45, 2.75) is 25.9 Å². The highest BCUT2D eigenvalue weighted by atomic mass is 16.4. The zero-order chi connectivity index (χ0) is 17.5. The van der Waals surface area contributed by atoms with Crippen LogP contribution in [0.2, 0.25) is 0 Å². The Kier molecular flexibility index (Phi) is 6.31. The van der Waals surface area contributed by atoms with Gasteiger partial charge in [0.25, 0.3) is 0 Å². The van der Waals surface area contributed by atoms with Gasteiger partial charge in [0.2, 0.25) is 11.8 Å². The molecule has 130 valence electrons. The maximum atomic E-state index is 12.3. The monoisotopic (exact) mass is 331 g/mol. The summed E-state index contributed by atoms with van der Waals surface area (Å²) in [6.45, 7) is 3.12. The van der Waals surface area contributed by atoms with Crippen molar-refractivity contribution in [3.05, 3.63) is 36.2 Å². The predicted octanol–water partition coefficient (Wildman–Crippen LogP) is 2.22. The van der Waals surface area contributed by atoms with Gasteiger partial charge in [-0.05, 0) is 32.6 Å². The van der Waals surface area contributed by atoms with Gasteiger partial charge in [0.15, 0.2) is 0 Å². The van der Waals surface area contributed by atoms with Crippen molar-refractivity contribution in [1.29, 1.82) is 0 Å². The molecule has 0 fully saturated rings. The number of aromatic nitrogens is 2. The molecule has 0 aliphatic carbocycles. The molecule has 7 heteroatoms. The second kappa shape index (κ2) is 8.44. The molecule has 1 heterocycles. The first kappa shape index (κ1) is 17.9. The summed E-state index contributed by atoms with van der Waals surface area (Å²) in [4.78, 5) is 15.9. The number of rotatable bonds is 7. The van der Waals surface area contributed by atoms with E-state index in [1.807, 2.05) is 44.4 Å². The summed E-state index contributed by atoms with van der Waals surface area (Å²) in [6, 6.07) is 9.52. The van der Waals surface area contributed by atoms with Crippen LogP contribution >= 0.6 is 0 Å². The average Bonchev–Trinajstić information content (AvgIpc) is 3.03. The van der Waals surface area contributed by atoms with Gasteiger partial charge in [0.1, 0.15) is 6.54 Å². The van der Waals surface area contributed by atoms with Crippen molar-refractivity contribution >= 4 is 6.03 Å². The van der Waals surface area contributed by atoms with Crippen LogP contribution in [-0.2, 0) is 6.54 Å². The van der Waals surface area contributed by atoms with Crippen LogP contribution in [0.25, 0.3) is 11.5 Å². The lowest BCUT2D eigenvalue weighted by Crippen LogP contribution is -2.46. The first-order valence-corrected chi connectivity index (χ1v) is 8.03. The van der Waals surface area contributed by atoms with Crippen LogP contribution in [0.15, 0.2) is 34.7 Å². The van der Waals surface area contributed by atoms with Gasteiger partial charge in [0.05, 0.1) is 0 Å². The van der Waals surface area contributed by atoms with Crippen LogP contribution in [0.4, 0.5) is 4.79 Å². The molecule has 0 spiro atoms. The summed E-state index contributed by atoms with van der Waals surface area (Å²) in [5.41, 5.74) is 0.861. The van der Waals surface area contributed by atoms with Crippen LogP contribution < -0.4 is 5.32 Å². The van der Waals surface area contributed by atoms with Gasteiger partial charge in [0, 0.05) is 25.2 Å². The molecule has 24 heavy (non-hydrogen) atoms. The Labute approximate surface area is 142 Å². The number of likely N-dealkylation sites (N-methyl/N-ethyl adjacent to an activating group) is 1. The first-order valence-electron chi connectivity index (χ1n) is 8.03. The molecule has 2 aromatic rings. The summed E-state index contributed by atoms with van der Waals surface area (Å²) in [5, 5.41) is 11.1. The van der Waals surface area contributed by atoms with Crippen molar-refractivity contribution in [2.24, 2.45) is 0 Å². The lowest BCUT2D eigenvalue weighted by molar-refractivity contribution is 0.194. The van der Waals surface area contributed by atoms with Gasteiger partial charge in [-0.15, -0.1) is 10.2 Å². The molecule has 0 saturated heterocycles. The van der Waals surface area contributed by atoms with Crippen molar-refractivity contribution in [1.82, 2.24) is 25.3 Å². The third-order valence-electron chi connectivity index (χ3n) is 3.61. The van der Waals surface area contributed by atoms with E-state index in [9.17, 15) is 4.79 Å². The molecular formula is C17H25N5O2. The molecule has 0 bridgehead atoms. The highest BCUT2D eigenvalue weighted by Gasteiger charge is 2.17. The van der Waals surface area contributed by atoms with Gasteiger partial charge < -0.3 is 19.5 Å². The summed E-state index contributed by atoms with van der Waals surface area (Å²) in [7, 11) is 5.69. The molecule has 1 atom stereocenters. The van der Waals surface area contributed by atoms with E-state index in [-0.39, 0.29) is 18.6 Å². The van der Waals surface area contributed by atoms with E-state index in [0.29, 0.717) is 11.8 Å². The molecule has 0 saturated carbocycles. The second-order valence-corrected chi connectivity index (χ2v) is 6.04. The fourth-order valence-electron chi connectivity index (χ4n) is 2.29. The molecule has 2 amide bonds. The van der Waals surface area contributed by atoms with Crippen molar-refractivity contribution in [3.8, 4) is 11.5 Å². The van der Waals surface area contributed by atoms with Crippen LogP contribution in [-0.4, -0.2) is 59.8 Å². The van der Waals surface area contributed by atoms with E-state index in [1.54, 1.807) is 11.9 Å². The van der Waals surface area contributed by atoms with Crippen LogP contribution in [0.3, 0.4) is 0 Å². The maximum Gasteiger partial charge on any atom is 0.317 e. The van der Waals surface area contributed by atoms with Crippen molar-refractivity contribution in [3.63, 3.8) is 0 Å². The zero-order valence-corrected chi connectivity index (χ0v) is 14.7. The van der Waals surface area contributed by atoms with Crippen molar-refractivity contribution in [2.75, 3.05) is 27.7 Å². The van der Waals surface area contributed by atoms with Crippen LogP contribution in [0, 0.1) is 0 Å². The van der Waals surface area contributed by atoms with Gasteiger partial charge in [-0.2, -0.15) is 0 Å². The molecule has 0 radical (unpaired) electrons. The number of amides is 2. The number of benzene rings is 1. The SMILES string of the molecule is CC[C@H](CN(C)C)NC(=O)N(C)Cc1nnc(-c2ccccc2)o1. The number of hydrogen-bond acceptors (Lipinski definition) is 5. The Morgan fingerprint density at radius 2 is 1.92 bits per heavy atom. The zero-order valence-electron chi connectivity index (χ0n) is 14.7. The van der Waals surface area contributed by atoms with Crippen LogP contribution in [0.5, 0.6) is 0 Å². The summed E-state index contributed by atoms with van der Waals surface area (Å²) in [6.07, 6.45) is 0.872. The molecule has 0 aliphatic rings.